The SMILES string of the molecule is COC(=O)C1=C(C)NC(C)=C(C(=O)OCCOc2ccc(NC(C)=O)cc2)[C@H]1c1ccc([N+](=O)[O-])s1. The zero-order valence-corrected chi connectivity index (χ0v) is 20.9. The fourth-order valence-corrected chi connectivity index (χ4v) is 4.68. The number of nitrogens with one attached hydrogen (secondary N) is 2. The van der Waals surface area contributed by atoms with E-state index in [9.17, 15) is 24.5 Å². The molecule has 1 amide bonds. The second-order valence-electron chi connectivity index (χ2n) is 7.75. The van der Waals surface area contributed by atoms with Gasteiger partial charge in [0.1, 0.15) is 19.0 Å². The summed E-state index contributed by atoms with van der Waals surface area (Å²) in [6.45, 7) is 4.71. The number of ether oxygens (including phenoxy) is 3. The number of nitrogens with zero attached hydrogens (tertiary/aromatic N) is 1. The molecule has 12 heteroatoms. The second-order valence-corrected chi connectivity index (χ2v) is 8.84. The summed E-state index contributed by atoms with van der Waals surface area (Å²) >= 11 is 0.873. The Morgan fingerprint density at radius 1 is 1.03 bits per heavy atom. The molecule has 1 aliphatic rings. The molecule has 2 N–H and O–H groups in total. The molecule has 0 bridgehead atoms. The van der Waals surface area contributed by atoms with Crippen LogP contribution in [0.25, 0.3) is 0 Å². The van der Waals surface area contributed by atoms with E-state index in [-0.39, 0.29) is 35.3 Å². The maximum absolute atomic E-state index is 13.1. The Morgan fingerprint density at radius 3 is 2.22 bits per heavy atom. The van der Waals surface area contributed by atoms with Crippen LogP contribution in [0.5, 0.6) is 5.75 Å². The van der Waals surface area contributed by atoms with Gasteiger partial charge in [-0.25, -0.2) is 9.59 Å². The van der Waals surface area contributed by atoms with Crippen LogP contribution in [0.2, 0.25) is 0 Å². The minimum absolute atomic E-state index is 0.0544. The normalized spacial score (nSPS) is 15.2. The maximum atomic E-state index is 13.1. The molecule has 2 heterocycles. The summed E-state index contributed by atoms with van der Waals surface area (Å²) in [7, 11) is 1.22. The van der Waals surface area contributed by atoms with Crippen molar-refractivity contribution < 1.29 is 33.5 Å². The molecule has 0 aliphatic carbocycles. The number of nitro groups is 1. The molecular weight excluding hydrogens is 490 g/mol. The number of thiophene rings is 1. The highest BCUT2D eigenvalue weighted by Crippen LogP contribution is 2.43. The molecule has 0 saturated carbocycles. The van der Waals surface area contributed by atoms with Gasteiger partial charge in [-0.05, 0) is 44.2 Å². The van der Waals surface area contributed by atoms with E-state index < -0.39 is 22.8 Å². The first-order valence-electron chi connectivity index (χ1n) is 10.8. The Morgan fingerprint density at radius 2 is 1.67 bits per heavy atom. The minimum Gasteiger partial charge on any atom is -0.490 e. The quantitative estimate of drug-likeness (QED) is 0.221. The van der Waals surface area contributed by atoms with Gasteiger partial charge in [0.2, 0.25) is 5.91 Å². The highest BCUT2D eigenvalue weighted by atomic mass is 32.1. The third kappa shape index (κ3) is 6.08. The second kappa shape index (κ2) is 11.5. The highest BCUT2D eigenvalue weighted by Gasteiger charge is 2.39. The number of benzene rings is 1. The Kier molecular flexibility index (Phi) is 8.43. The topological polar surface area (TPSA) is 146 Å². The Hall–Kier alpha value is -4.19. The van der Waals surface area contributed by atoms with Gasteiger partial charge >= 0.3 is 16.9 Å². The molecule has 0 radical (unpaired) electrons. The molecule has 1 aromatic heterocycles. The molecule has 11 nitrogen and oxygen atoms in total. The van der Waals surface area contributed by atoms with E-state index in [0.29, 0.717) is 27.7 Å². The van der Waals surface area contributed by atoms with Gasteiger partial charge in [-0.2, -0.15) is 0 Å². The van der Waals surface area contributed by atoms with Gasteiger partial charge in [-0.1, -0.05) is 11.3 Å². The fraction of sp³-hybridized carbons (Fsp3) is 0.292. The third-order valence-corrected chi connectivity index (χ3v) is 6.32. The number of hydrogen-bond acceptors (Lipinski definition) is 10. The van der Waals surface area contributed by atoms with E-state index >= 15 is 0 Å². The van der Waals surface area contributed by atoms with Crippen LogP contribution in [-0.2, 0) is 23.9 Å². The van der Waals surface area contributed by atoms with Crippen LogP contribution in [0.3, 0.4) is 0 Å². The monoisotopic (exact) mass is 515 g/mol. The first kappa shape index (κ1) is 26.4. The summed E-state index contributed by atoms with van der Waals surface area (Å²) in [6.07, 6.45) is 0. The van der Waals surface area contributed by atoms with Crippen LogP contribution >= 0.6 is 11.3 Å². The number of carbonyl (C=O) groups excluding carboxylic acids is 3. The van der Waals surface area contributed by atoms with Crippen LogP contribution in [0.15, 0.2) is 58.9 Å². The lowest BCUT2D eigenvalue weighted by molar-refractivity contribution is -0.380. The van der Waals surface area contributed by atoms with E-state index in [1.54, 1.807) is 38.1 Å². The van der Waals surface area contributed by atoms with Crippen LogP contribution in [-0.4, -0.2) is 43.1 Å². The van der Waals surface area contributed by atoms with Crippen LogP contribution < -0.4 is 15.4 Å². The third-order valence-electron chi connectivity index (χ3n) is 5.22. The van der Waals surface area contributed by atoms with Crippen molar-refractivity contribution in [3.8, 4) is 5.75 Å². The number of amides is 1. The largest absolute Gasteiger partial charge is 0.490 e. The molecule has 0 unspecified atom stereocenters. The van der Waals surface area contributed by atoms with Gasteiger partial charge < -0.3 is 24.8 Å². The first-order chi connectivity index (χ1) is 17.1. The molecule has 3 rings (SSSR count). The van der Waals surface area contributed by atoms with Crippen molar-refractivity contribution in [2.24, 2.45) is 0 Å². The Balaban J connectivity index is 1.74. The van der Waals surface area contributed by atoms with Crippen molar-refractivity contribution in [1.82, 2.24) is 5.32 Å². The van der Waals surface area contributed by atoms with Gasteiger partial charge in [0.15, 0.2) is 0 Å². The number of dihydropyridines is 1. The number of anilines is 1. The van der Waals surface area contributed by atoms with Crippen molar-refractivity contribution in [1.29, 1.82) is 0 Å². The van der Waals surface area contributed by atoms with E-state index in [0.717, 1.165) is 11.3 Å². The molecule has 2 aromatic rings. The van der Waals surface area contributed by atoms with E-state index in [1.807, 2.05) is 0 Å². The smallest absolute Gasteiger partial charge is 0.336 e. The average molecular weight is 516 g/mol. The number of carbonyl (C=O) groups is 3. The average Bonchev–Trinajstić information content (AvgIpc) is 3.32. The maximum Gasteiger partial charge on any atom is 0.336 e. The van der Waals surface area contributed by atoms with Gasteiger partial charge in [0.25, 0.3) is 0 Å². The van der Waals surface area contributed by atoms with E-state index in [4.69, 9.17) is 14.2 Å². The minimum atomic E-state index is -0.896. The van der Waals surface area contributed by atoms with E-state index in [1.165, 1.54) is 26.2 Å². The van der Waals surface area contributed by atoms with Crippen LogP contribution in [0.4, 0.5) is 10.7 Å². The summed E-state index contributed by atoms with van der Waals surface area (Å²) < 4.78 is 15.9. The van der Waals surface area contributed by atoms with Gasteiger partial charge in [-0.3, -0.25) is 14.9 Å². The molecule has 1 atom stereocenters. The van der Waals surface area contributed by atoms with Crippen molar-refractivity contribution in [2.45, 2.75) is 26.7 Å². The molecule has 1 aromatic carbocycles. The van der Waals surface area contributed by atoms with Gasteiger partial charge in [0.05, 0.1) is 29.1 Å². The molecule has 0 spiro atoms. The van der Waals surface area contributed by atoms with Gasteiger partial charge in [-0.15, -0.1) is 0 Å². The highest BCUT2D eigenvalue weighted by molar-refractivity contribution is 7.15. The van der Waals surface area contributed by atoms with Crippen LogP contribution in [0, 0.1) is 10.1 Å². The molecule has 190 valence electrons. The number of esters is 2. The summed E-state index contributed by atoms with van der Waals surface area (Å²) in [6, 6.07) is 9.54. The zero-order chi connectivity index (χ0) is 26.4. The number of rotatable bonds is 9. The predicted molar refractivity (Wildman–Crippen MR) is 131 cm³/mol. The summed E-state index contributed by atoms with van der Waals surface area (Å²) in [5.74, 6) is -1.92. The molecule has 0 fully saturated rings. The van der Waals surface area contributed by atoms with Gasteiger partial charge in [0, 0.05) is 34.9 Å². The predicted octanol–water partition coefficient (Wildman–Crippen LogP) is 3.64. The lowest BCUT2D eigenvalue weighted by Crippen LogP contribution is -2.32. The number of hydrogen-bond donors (Lipinski definition) is 2. The fourth-order valence-electron chi connectivity index (χ4n) is 3.73. The molecule has 36 heavy (non-hydrogen) atoms. The standard InChI is InChI=1S/C24H25N3O8S/c1-13-20(23(29)33-4)22(18-9-10-19(36-18)27(31)32)21(14(2)25-13)24(30)35-12-11-34-17-7-5-16(6-8-17)26-15(3)28/h5-10,22,25H,11-12H2,1-4H3,(H,26,28)/t22-/m0/s1. The number of methoxy groups -OCH3 is 1. The summed E-state index contributed by atoms with van der Waals surface area (Å²) in [5, 5.41) is 16.8. The number of allylic oxidation sites excluding steroid dienone is 2. The summed E-state index contributed by atoms with van der Waals surface area (Å²) in [5.41, 5.74) is 1.88. The zero-order valence-electron chi connectivity index (χ0n) is 20.1. The van der Waals surface area contributed by atoms with E-state index in [2.05, 4.69) is 10.6 Å². The van der Waals surface area contributed by atoms with Crippen LogP contribution in [0.1, 0.15) is 31.6 Å². The van der Waals surface area contributed by atoms with Crippen molar-refractivity contribution >= 4 is 39.9 Å². The van der Waals surface area contributed by atoms with Crippen molar-refractivity contribution in [2.75, 3.05) is 25.6 Å². The Bertz CT molecular complexity index is 1250. The lowest BCUT2D eigenvalue weighted by Gasteiger charge is -2.29. The lowest BCUT2D eigenvalue weighted by atomic mass is 9.84. The molecular formula is C24H25N3O8S. The Labute approximate surface area is 210 Å². The molecule has 0 saturated heterocycles. The first-order valence-corrected chi connectivity index (χ1v) is 11.6. The van der Waals surface area contributed by atoms with Crippen molar-refractivity contribution in [3.63, 3.8) is 0 Å². The molecule has 1 aliphatic heterocycles. The summed E-state index contributed by atoms with van der Waals surface area (Å²) in [4.78, 5) is 48.0. The van der Waals surface area contributed by atoms with Crippen molar-refractivity contribution in [3.05, 3.63) is 73.9 Å².